The van der Waals surface area contributed by atoms with E-state index in [0.717, 1.165) is 49.9 Å². The molecule has 0 amide bonds. The molecule has 3 rings (SSSR count). The molecule has 0 spiro atoms. The molecule has 1 aliphatic carbocycles. The molecule has 0 bridgehead atoms. The zero-order chi connectivity index (χ0) is 25.5. The molecule has 0 aliphatic heterocycles. The van der Waals surface area contributed by atoms with Crippen LogP contribution in [0.3, 0.4) is 0 Å². The number of benzene rings is 1. The van der Waals surface area contributed by atoms with Crippen molar-refractivity contribution in [3.05, 3.63) is 47.8 Å². The van der Waals surface area contributed by atoms with Crippen molar-refractivity contribution >= 4 is 0 Å². The predicted octanol–water partition coefficient (Wildman–Crippen LogP) is 9.96. The molecule has 0 saturated heterocycles. The number of nitriles is 1. The number of hydrogen-bond donors (Lipinski definition) is 0. The molecule has 2 aromatic rings. The molecule has 1 aromatic carbocycles. The van der Waals surface area contributed by atoms with E-state index in [9.17, 15) is 5.26 Å². The monoisotopic (exact) mass is 487 g/mol. The van der Waals surface area contributed by atoms with Crippen molar-refractivity contribution in [2.24, 2.45) is 5.41 Å². The number of rotatable bonds is 16. The Morgan fingerprint density at radius 1 is 0.778 bits per heavy atom. The van der Waals surface area contributed by atoms with Crippen LogP contribution in [-0.2, 0) is 6.42 Å². The van der Waals surface area contributed by atoms with Crippen LogP contribution < -0.4 is 0 Å². The normalized spacial score (nSPS) is 19.8. The summed E-state index contributed by atoms with van der Waals surface area (Å²) in [5.74, 6) is 1.39. The lowest BCUT2D eigenvalue weighted by Crippen LogP contribution is -2.25. The molecule has 196 valence electrons. The van der Waals surface area contributed by atoms with E-state index in [1.54, 1.807) is 0 Å². The lowest BCUT2D eigenvalue weighted by molar-refractivity contribution is 0.223. The zero-order valence-corrected chi connectivity index (χ0v) is 23.1. The van der Waals surface area contributed by atoms with Crippen LogP contribution in [-0.4, -0.2) is 9.97 Å². The van der Waals surface area contributed by atoms with E-state index in [4.69, 9.17) is 0 Å². The Morgan fingerprint density at radius 3 is 1.92 bits per heavy atom. The third-order valence-corrected chi connectivity index (χ3v) is 8.35. The van der Waals surface area contributed by atoms with E-state index in [1.807, 2.05) is 12.4 Å². The molecule has 1 saturated carbocycles. The van der Waals surface area contributed by atoms with Gasteiger partial charge in [-0.25, -0.2) is 9.97 Å². The fraction of sp³-hybridized carbons (Fsp3) is 0.667. The summed E-state index contributed by atoms with van der Waals surface area (Å²) in [6.07, 6.45) is 26.4. The SMILES string of the molecule is CCCCCCCCCCc1cnc(-c2ccc([C@H]3CC[C@@](C#N)(CCCCCC)CC3)cc2)nc1. The first kappa shape index (κ1) is 28.4. The third kappa shape index (κ3) is 9.02. The molecule has 1 fully saturated rings. The van der Waals surface area contributed by atoms with E-state index in [1.165, 1.54) is 88.2 Å². The first-order valence-electron chi connectivity index (χ1n) is 15.0. The van der Waals surface area contributed by atoms with E-state index >= 15 is 0 Å². The van der Waals surface area contributed by atoms with Crippen molar-refractivity contribution in [1.29, 1.82) is 5.26 Å². The lowest BCUT2D eigenvalue weighted by atomic mass is 9.67. The number of nitrogens with zero attached hydrogens (tertiary/aromatic N) is 3. The molecular formula is C33H49N3. The summed E-state index contributed by atoms with van der Waals surface area (Å²) in [6, 6.07) is 11.6. The first-order valence-corrected chi connectivity index (χ1v) is 15.0. The quantitative estimate of drug-likeness (QED) is 0.221. The second-order valence-electron chi connectivity index (χ2n) is 11.2. The highest BCUT2D eigenvalue weighted by Crippen LogP contribution is 2.45. The summed E-state index contributed by atoms with van der Waals surface area (Å²) in [7, 11) is 0. The van der Waals surface area contributed by atoms with Gasteiger partial charge >= 0.3 is 0 Å². The number of hydrogen-bond acceptors (Lipinski definition) is 3. The fourth-order valence-corrected chi connectivity index (χ4v) is 5.81. The second-order valence-corrected chi connectivity index (χ2v) is 11.2. The third-order valence-electron chi connectivity index (χ3n) is 8.35. The summed E-state index contributed by atoms with van der Waals surface area (Å²) in [4.78, 5) is 9.33. The minimum absolute atomic E-state index is 0.0750. The molecule has 1 heterocycles. The van der Waals surface area contributed by atoms with Crippen molar-refractivity contribution < 1.29 is 0 Å². The van der Waals surface area contributed by atoms with Gasteiger partial charge in [0.15, 0.2) is 5.82 Å². The van der Waals surface area contributed by atoms with Gasteiger partial charge < -0.3 is 0 Å². The van der Waals surface area contributed by atoms with Gasteiger partial charge in [-0.2, -0.15) is 5.26 Å². The highest BCUT2D eigenvalue weighted by molar-refractivity contribution is 5.55. The summed E-state index contributed by atoms with van der Waals surface area (Å²) in [5, 5.41) is 9.88. The van der Waals surface area contributed by atoms with Crippen LogP contribution in [0.5, 0.6) is 0 Å². The largest absolute Gasteiger partial charge is 0.236 e. The topological polar surface area (TPSA) is 49.6 Å². The van der Waals surface area contributed by atoms with E-state index in [0.29, 0.717) is 5.92 Å². The van der Waals surface area contributed by atoms with Crippen molar-refractivity contribution in [3.63, 3.8) is 0 Å². The molecule has 0 atom stereocenters. The van der Waals surface area contributed by atoms with Gasteiger partial charge in [-0.3, -0.25) is 0 Å². The maximum atomic E-state index is 9.88. The zero-order valence-electron chi connectivity index (χ0n) is 23.1. The highest BCUT2D eigenvalue weighted by atomic mass is 14.9. The fourth-order valence-electron chi connectivity index (χ4n) is 5.81. The van der Waals surface area contributed by atoms with Crippen molar-refractivity contribution in [3.8, 4) is 17.5 Å². The van der Waals surface area contributed by atoms with Gasteiger partial charge in [-0.1, -0.05) is 109 Å². The molecule has 1 aromatic heterocycles. The maximum absolute atomic E-state index is 9.88. The number of aromatic nitrogens is 2. The van der Waals surface area contributed by atoms with Crippen molar-refractivity contribution in [2.45, 2.75) is 135 Å². The Morgan fingerprint density at radius 2 is 1.33 bits per heavy atom. The predicted molar refractivity (Wildman–Crippen MR) is 152 cm³/mol. The Bertz CT molecular complexity index is 886. The standard InChI is InChI=1S/C33H49N3/c1-3-5-7-9-10-11-12-13-15-28-25-35-32(36-26-28)31-18-16-29(17-19-31)30-20-23-33(27-34,24-21-30)22-14-8-6-4-2/h16-19,25-26,30H,3-15,20-24H2,1-2H3/t30-,33-. The van der Waals surface area contributed by atoms with Crippen LogP contribution in [0.4, 0.5) is 0 Å². The second kappa shape index (κ2) is 15.8. The summed E-state index contributed by atoms with van der Waals surface area (Å²) in [6.45, 7) is 4.52. The summed E-state index contributed by atoms with van der Waals surface area (Å²) >= 11 is 0. The van der Waals surface area contributed by atoms with E-state index in [-0.39, 0.29) is 5.41 Å². The first-order chi connectivity index (χ1) is 17.7. The van der Waals surface area contributed by atoms with Gasteiger partial charge in [0.05, 0.1) is 11.5 Å². The highest BCUT2D eigenvalue weighted by Gasteiger charge is 2.35. The average molecular weight is 488 g/mol. The molecule has 36 heavy (non-hydrogen) atoms. The molecular weight excluding hydrogens is 438 g/mol. The van der Waals surface area contributed by atoms with Crippen LogP contribution in [0.15, 0.2) is 36.7 Å². The lowest BCUT2D eigenvalue weighted by Gasteiger charge is -2.35. The van der Waals surface area contributed by atoms with Gasteiger partial charge in [0.2, 0.25) is 0 Å². The smallest absolute Gasteiger partial charge is 0.159 e. The Hall–Kier alpha value is -2.21. The summed E-state index contributed by atoms with van der Waals surface area (Å²) < 4.78 is 0. The molecule has 0 N–H and O–H groups in total. The van der Waals surface area contributed by atoms with Gasteiger partial charge in [0, 0.05) is 18.0 Å². The number of aryl methyl sites for hydroxylation is 1. The molecule has 3 heteroatoms. The minimum Gasteiger partial charge on any atom is -0.236 e. The van der Waals surface area contributed by atoms with Crippen LogP contribution >= 0.6 is 0 Å². The molecule has 1 aliphatic rings. The Balaban J connectivity index is 1.42. The van der Waals surface area contributed by atoms with Gasteiger partial charge in [-0.15, -0.1) is 0 Å². The van der Waals surface area contributed by atoms with E-state index in [2.05, 4.69) is 54.2 Å². The maximum Gasteiger partial charge on any atom is 0.159 e. The molecule has 3 nitrogen and oxygen atoms in total. The molecule has 0 radical (unpaired) electrons. The van der Waals surface area contributed by atoms with Crippen LogP contribution in [0.25, 0.3) is 11.4 Å². The number of unbranched alkanes of at least 4 members (excludes halogenated alkanes) is 10. The minimum atomic E-state index is -0.0750. The van der Waals surface area contributed by atoms with Gasteiger partial charge in [-0.05, 0) is 62.0 Å². The van der Waals surface area contributed by atoms with Crippen molar-refractivity contribution in [2.75, 3.05) is 0 Å². The van der Waals surface area contributed by atoms with Crippen molar-refractivity contribution in [1.82, 2.24) is 9.97 Å². The summed E-state index contributed by atoms with van der Waals surface area (Å²) in [5.41, 5.74) is 3.67. The van der Waals surface area contributed by atoms with Crippen LogP contribution in [0, 0.1) is 16.7 Å². The Kier molecular flexibility index (Phi) is 12.5. The Labute approximate surface area is 221 Å². The van der Waals surface area contributed by atoms with Crippen LogP contribution in [0.2, 0.25) is 0 Å². The van der Waals surface area contributed by atoms with E-state index < -0.39 is 0 Å². The van der Waals surface area contributed by atoms with Crippen LogP contribution in [0.1, 0.15) is 140 Å². The molecule has 0 unspecified atom stereocenters. The van der Waals surface area contributed by atoms with Gasteiger partial charge in [0.25, 0.3) is 0 Å². The van der Waals surface area contributed by atoms with Gasteiger partial charge in [0.1, 0.15) is 0 Å². The average Bonchev–Trinajstić information content (AvgIpc) is 2.93.